The van der Waals surface area contributed by atoms with Crippen LogP contribution in [0.1, 0.15) is 15.9 Å². The highest BCUT2D eigenvalue weighted by atomic mass is 32.2. The van der Waals surface area contributed by atoms with Crippen LogP contribution in [0.3, 0.4) is 0 Å². The minimum Gasteiger partial charge on any atom is -0.281 e. The highest BCUT2D eigenvalue weighted by molar-refractivity contribution is 8.14. The van der Waals surface area contributed by atoms with Gasteiger partial charge in [0.05, 0.1) is 4.92 Å². The fourth-order valence-electron chi connectivity index (χ4n) is 1.49. The maximum atomic E-state index is 12.0. The number of rotatable bonds is 3. The normalized spacial score (nSPS) is 10.2. The quantitative estimate of drug-likeness (QED) is 0.484. The van der Waals surface area contributed by atoms with Gasteiger partial charge in [-0.2, -0.15) is 0 Å². The summed E-state index contributed by atoms with van der Waals surface area (Å²) in [5.41, 5.74) is 1.73. The summed E-state index contributed by atoms with van der Waals surface area (Å²) in [7, 11) is 0. The Morgan fingerprint density at radius 1 is 1.05 bits per heavy atom. The maximum absolute atomic E-state index is 12.0. The van der Waals surface area contributed by atoms with Crippen LogP contribution in [0.4, 0.5) is 5.69 Å². The van der Waals surface area contributed by atoms with Crippen molar-refractivity contribution in [3.8, 4) is 0 Å². The summed E-state index contributed by atoms with van der Waals surface area (Å²) in [4.78, 5) is 22.7. The molecular weight excluding hydrogens is 262 g/mol. The number of carbonyl (C=O) groups excluding carboxylic acids is 1. The average Bonchev–Trinajstić information content (AvgIpc) is 2.40. The first-order valence-corrected chi connectivity index (χ1v) is 6.41. The Kier molecular flexibility index (Phi) is 3.97. The Hall–Kier alpha value is -2.14. The largest absolute Gasteiger partial charge is 0.281 e. The van der Waals surface area contributed by atoms with Crippen LogP contribution in [0.15, 0.2) is 53.4 Å². The van der Waals surface area contributed by atoms with Crippen LogP contribution >= 0.6 is 11.8 Å². The van der Waals surface area contributed by atoms with E-state index in [-0.39, 0.29) is 10.8 Å². The molecule has 0 spiro atoms. The molecule has 0 amide bonds. The van der Waals surface area contributed by atoms with E-state index in [1.807, 2.05) is 19.1 Å². The smallest absolute Gasteiger partial charge is 0.269 e. The monoisotopic (exact) mass is 273 g/mol. The van der Waals surface area contributed by atoms with E-state index in [0.29, 0.717) is 10.5 Å². The van der Waals surface area contributed by atoms with Gasteiger partial charge in [-0.15, -0.1) is 0 Å². The fourth-order valence-corrected chi connectivity index (χ4v) is 2.23. The Morgan fingerprint density at radius 2 is 1.63 bits per heavy atom. The van der Waals surface area contributed by atoms with Crippen molar-refractivity contribution in [2.75, 3.05) is 0 Å². The van der Waals surface area contributed by atoms with Gasteiger partial charge in [-0.3, -0.25) is 14.9 Å². The standard InChI is InChI=1S/C14H11NO3S/c1-10-2-4-11(5-3-10)14(16)19-13-8-6-12(7-9-13)15(17)18/h2-9H,1H3. The lowest BCUT2D eigenvalue weighted by Gasteiger charge is -2.01. The molecule has 96 valence electrons. The van der Waals surface area contributed by atoms with E-state index in [1.165, 1.54) is 12.1 Å². The third-order valence-corrected chi connectivity index (χ3v) is 3.47. The second kappa shape index (κ2) is 5.67. The van der Waals surface area contributed by atoms with Crippen LogP contribution in [0.5, 0.6) is 0 Å². The molecule has 2 rings (SSSR count). The molecule has 0 unspecified atom stereocenters. The van der Waals surface area contributed by atoms with E-state index < -0.39 is 4.92 Å². The van der Waals surface area contributed by atoms with Crippen LogP contribution in [-0.4, -0.2) is 10.0 Å². The number of benzene rings is 2. The van der Waals surface area contributed by atoms with Crippen LogP contribution in [0, 0.1) is 17.0 Å². The number of aryl methyl sites for hydroxylation is 1. The number of hydrogen-bond acceptors (Lipinski definition) is 4. The zero-order valence-corrected chi connectivity index (χ0v) is 11.0. The third kappa shape index (κ3) is 3.42. The zero-order chi connectivity index (χ0) is 13.8. The van der Waals surface area contributed by atoms with Gasteiger partial charge < -0.3 is 0 Å². The molecule has 19 heavy (non-hydrogen) atoms. The van der Waals surface area contributed by atoms with E-state index >= 15 is 0 Å². The van der Waals surface area contributed by atoms with Crippen LogP contribution in [-0.2, 0) is 0 Å². The molecule has 0 N–H and O–H groups in total. The molecule has 0 atom stereocenters. The predicted octanol–water partition coefficient (Wildman–Crippen LogP) is 3.84. The van der Waals surface area contributed by atoms with E-state index in [0.717, 1.165) is 17.3 Å². The minimum absolute atomic E-state index is 0.0205. The maximum Gasteiger partial charge on any atom is 0.269 e. The van der Waals surface area contributed by atoms with E-state index in [1.54, 1.807) is 24.3 Å². The molecule has 0 fully saturated rings. The SMILES string of the molecule is Cc1ccc(C(=O)Sc2ccc([N+](=O)[O-])cc2)cc1. The molecule has 0 aliphatic rings. The van der Waals surface area contributed by atoms with Crippen molar-refractivity contribution >= 4 is 22.6 Å². The fraction of sp³-hybridized carbons (Fsp3) is 0.0714. The number of nitro benzene ring substituents is 1. The summed E-state index contributed by atoms with van der Waals surface area (Å²) in [5.74, 6) is 0. The Morgan fingerprint density at radius 3 is 2.16 bits per heavy atom. The third-order valence-electron chi connectivity index (χ3n) is 2.55. The first-order valence-electron chi connectivity index (χ1n) is 5.59. The molecule has 0 radical (unpaired) electrons. The molecule has 0 heterocycles. The van der Waals surface area contributed by atoms with Crippen LogP contribution in [0.2, 0.25) is 0 Å². The average molecular weight is 273 g/mol. The number of thioether (sulfide) groups is 1. The lowest BCUT2D eigenvalue weighted by molar-refractivity contribution is -0.384. The van der Waals surface area contributed by atoms with E-state index in [2.05, 4.69) is 0 Å². The number of non-ortho nitro benzene ring substituents is 1. The summed E-state index contributed by atoms with van der Waals surface area (Å²) in [6.07, 6.45) is 0. The van der Waals surface area contributed by atoms with Crippen LogP contribution < -0.4 is 0 Å². The minimum atomic E-state index is -0.462. The Labute approximate surface area is 114 Å². The molecule has 5 heteroatoms. The van der Waals surface area contributed by atoms with Crippen molar-refractivity contribution in [3.05, 3.63) is 69.8 Å². The van der Waals surface area contributed by atoms with Gasteiger partial charge in [0.25, 0.3) is 5.69 Å². The molecule has 4 nitrogen and oxygen atoms in total. The highest BCUT2D eigenvalue weighted by Gasteiger charge is 2.09. The first-order chi connectivity index (χ1) is 9.06. The van der Waals surface area contributed by atoms with Crippen molar-refractivity contribution in [2.45, 2.75) is 11.8 Å². The summed E-state index contributed by atoms with van der Waals surface area (Å²) in [6.45, 7) is 1.96. The highest BCUT2D eigenvalue weighted by Crippen LogP contribution is 2.25. The van der Waals surface area contributed by atoms with E-state index in [9.17, 15) is 14.9 Å². The Balaban J connectivity index is 2.10. The molecule has 0 aromatic heterocycles. The molecule has 0 saturated carbocycles. The number of nitrogens with zero attached hydrogens (tertiary/aromatic N) is 1. The molecule has 2 aromatic rings. The molecule has 0 bridgehead atoms. The molecule has 0 saturated heterocycles. The lowest BCUT2D eigenvalue weighted by atomic mass is 10.2. The summed E-state index contributed by atoms with van der Waals surface area (Å²) >= 11 is 1.06. The Bertz CT molecular complexity index is 606. The van der Waals surface area contributed by atoms with Crippen LogP contribution in [0.25, 0.3) is 0 Å². The number of hydrogen-bond donors (Lipinski definition) is 0. The van der Waals surface area contributed by atoms with Crippen molar-refractivity contribution in [1.82, 2.24) is 0 Å². The first kappa shape index (κ1) is 13.3. The lowest BCUT2D eigenvalue weighted by Crippen LogP contribution is -1.93. The van der Waals surface area contributed by atoms with Crippen molar-refractivity contribution in [1.29, 1.82) is 0 Å². The summed E-state index contributed by atoms with van der Waals surface area (Å²) in [6, 6.07) is 13.2. The predicted molar refractivity (Wildman–Crippen MR) is 74.5 cm³/mol. The molecule has 0 aliphatic carbocycles. The van der Waals surface area contributed by atoms with Gasteiger partial charge in [0, 0.05) is 22.6 Å². The van der Waals surface area contributed by atoms with Gasteiger partial charge in [0.15, 0.2) is 0 Å². The van der Waals surface area contributed by atoms with Gasteiger partial charge >= 0.3 is 0 Å². The van der Waals surface area contributed by atoms with Gasteiger partial charge in [0.2, 0.25) is 5.12 Å². The van der Waals surface area contributed by atoms with E-state index in [4.69, 9.17) is 0 Å². The van der Waals surface area contributed by atoms with Gasteiger partial charge in [-0.25, -0.2) is 0 Å². The molecular formula is C14H11NO3S. The van der Waals surface area contributed by atoms with Gasteiger partial charge in [0.1, 0.15) is 0 Å². The van der Waals surface area contributed by atoms with Crippen molar-refractivity contribution < 1.29 is 9.72 Å². The molecule has 2 aromatic carbocycles. The second-order valence-corrected chi connectivity index (χ2v) is 5.05. The number of carbonyl (C=O) groups is 1. The van der Waals surface area contributed by atoms with Gasteiger partial charge in [-0.1, -0.05) is 29.8 Å². The summed E-state index contributed by atoms with van der Waals surface area (Å²) < 4.78 is 0. The molecule has 0 aliphatic heterocycles. The van der Waals surface area contributed by atoms with Gasteiger partial charge in [-0.05, 0) is 30.8 Å². The zero-order valence-electron chi connectivity index (χ0n) is 10.2. The topological polar surface area (TPSA) is 60.2 Å². The van der Waals surface area contributed by atoms with Crippen molar-refractivity contribution in [3.63, 3.8) is 0 Å². The van der Waals surface area contributed by atoms with Crippen molar-refractivity contribution in [2.24, 2.45) is 0 Å². The second-order valence-electron chi connectivity index (χ2n) is 4.01. The number of nitro groups is 1. The summed E-state index contributed by atoms with van der Waals surface area (Å²) in [5, 5.41) is 10.4.